The van der Waals surface area contributed by atoms with E-state index in [0.717, 1.165) is 12.8 Å². The van der Waals surface area contributed by atoms with E-state index in [1.165, 1.54) is 0 Å². The molecular formula is C14H22O3. The monoisotopic (exact) mass is 238 g/mol. The Balaban J connectivity index is 3.29. The number of hydrogen-bond donors (Lipinski definition) is 0. The van der Waals surface area contributed by atoms with Crippen LogP contribution in [-0.4, -0.2) is 25.8 Å². The first kappa shape index (κ1) is 15.7. The van der Waals surface area contributed by atoms with Gasteiger partial charge in [-0.2, -0.15) is 0 Å². The fraction of sp³-hybridized carbons (Fsp3) is 0.500. The van der Waals surface area contributed by atoms with Gasteiger partial charge in [-0.1, -0.05) is 30.9 Å². The molecule has 0 heterocycles. The van der Waals surface area contributed by atoms with E-state index in [1.807, 2.05) is 19.1 Å². The second-order valence-electron chi connectivity index (χ2n) is 3.61. The number of carbonyl (C=O) groups excluding carboxylic acids is 1. The molecule has 0 aliphatic heterocycles. The Kier molecular flexibility index (Phi) is 10.3. The summed E-state index contributed by atoms with van der Waals surface area (Å²) in [4.78, 5) is 11.0. The lowest BCUT2D eigenvalue weighted by atomic mass is 10.3. The summed E-state index contributed by atoms with van der Waals surface area (Å²) in [5, 5.41) is 0. The average Bonchev–Trinajstić information content (AvgIpc) is 2.31. The van der Waals surface area contributed by atoms with E-state index >= 15 is 0 Å². The molecule has 0 aromatic heterocycles. The lowest BCUT2D eigenvalue weighted by Crippen LogP contribution is -2.10. The Labute approximate surface area is 104 Å². The predicted octanol–water partition coefficient (Wildman–Crippen LogP) is 3.03. The highest BCUT2D eigenvalue weighted by Crippen LogP contribution is 1.93. The lowest BCUT2D eigenvalue weighted by molar-refractivity contribution is -0.140. The molecule has 0 bridgehead atoms. The van der Waals surface area contributed by atoms with Crippen LogP contribution < -0.4 is 0 Å². The second kappa shape index (κ2) is 11.1. The zero-order valence-corrected chi connectivity index (χ0v) is 10.8. The molecule has 0 amide bonds. The Hall–Kier alpha value is -1.35. The Bertz CT molecular complexity index is 277. The van der Waals surface area contributed by atoms with Crippen molar-refractivity contribution in [2.45, 2.75) is 26.7 Å². The van der Waals surface area contributed by atoms with Gasteiger partial charge < -0.3 is 9.47 Å². The van der Waals surface area contributed by atoms with Gasteiger partial charge in [-0.25, -0.2) is 4.79 Å². The third-order valence-corrected chi connectivity index (χ3v) is 1.93. The largest absolute Gasteiger partial charge is 0.460 e. The summed E-state index contributed by atoms with van der Waals surface area (Å²) in [5.41, 5.74) is 0.411. The van der Waals surface area contributed by atoms with E-state index in [4.69, 9.17) is 9.47 Å². The van der Waals surface area contributed by atoms with Crippen molar-refractivity contribution in [3.8, 4) is 0 Å². The Morgan fingerprint density at radius 3 is 2.53 bits per heavy atom. The van der Waals surface area contributed by atoms with E-state index in [1.54, 1.807) is 6.92 Å². The molecule has 0 aromatic rings. The van der Waals surface area contributed by atoms with Crippen molar-refractivity contribution < 1.29 is 14.3 Å². The summed E-state index contributed by atoms with van der Waals surface area (Å²) < 4.78 is 10.1. The minimum Gasteiger partial charge on any atom is -0.460 e. The van der Waals surface area contributed by atoms with Crippen LogP contribution in [0.1, 0.15) is 26.7 Å². The fourth-order valence-corrected chi connectivity index (χ4v) is 1.01. The maximum Gasteiger partial charge on any atom is 0.333 e. The molecule has 0 radical (unpaired) electrons. The quantitative estimate of drug-likeness (QED) is 0.268. The summed E-state index contributed by atoms with van der Waals surface area (Å²) in [6, 6.07) is 0. The van der Waals surface area contributed by atoms with Crippen LogP contribution in [0.5, 0.6) is 0 Å². The fourth-order valence-electron chi connectivity index (χ4n) is 1.01. The number of esters is 1. The lowest BCUT2D eigenvalue weighted by Gasteiger charge is -2.03. The van der Waals surface area contributed by atoms with Gasteiger partial charge in [0, 0.05) is 5.57 Å². The van der Waals surface area contributed by atoms with Gasteiger partial charge in [-0.3, -0.25) is 0 Å². The minimum absolute atomic E-state index is 0.276. The third kappa shape index (κ3) is 10.9. The first-order chi connectivity index (χ1) is 8.18. The first-order valence-corrected chi connectivity index (χ1v) is 5.85. The van der Waals surface area contributed by atoms with Gasteiger partial charge in [0.05, 0.1) is 13.2 Å². The number of hydrogen-bond acceptors (Lipinski definition) is 3. The maximum absolute atomic E-state index is 11.0. The summed E-state index contributed by atoms with van der Waals surface area (Å²) in [5.74, 6) is -0.365. The summed E-state index contributed by atoms with van der Waals surface area (Å²) in [6.07, 6.45) is 10.3. The summed E-state index contributed by atoms with van der Waals surface area (Å²) in [6.45, 7) is 8.37. The normalized spacial score (nSPS) is 11.2. The number of unbranched alkanes of at least 4 members (excludes halogenated alkanes) is 1. The van der Waals surface area contributed by atoms with Gasteiger partial charge in [-0.15, -0.1) is 0 Å². The van der Waals surface area contributed by atoms with Gasteiger partial charge in [-0.05, 0) is 26.7 Å². The van der Waals surface area contributed by atoms with E-state index in [2.05, 4.69) is 18.7 Å². The molecule has 0 aliphatic rings. The van der Waals surface area contributed by atoms with Crippen molar-refractivity contribution in [2.24, 2.45) is 0 Å². The molecule has 3 heteroatoms. The molecule has 0 N–H and O–H groups in total. The number of ether oxygens (including phenoxy) is 2. The van der Waals surface area contributed by atoms with Crippen molar-refractivity contribution in [1.29, 1.82) is 0 Å². The van der Waals surface area contributed by atoms with Crippen LogP contribution in [0.2, 0.25) is 0 Å². The van der Waals surface area contributed by atoms with Crippen LogP contribution in [-0.2, 0) is 14.3 Å². The predicted molar refractivity (Wildman–Crippen MR) is 69.8 cm³/mol. The Morgan fingerprint density at radius 1 is 1.18 bits per heavy atom. The Morgan fingerprint density at radius 2 is 1.88 bits per heavy atom. The molecule has 96 valence electrons. The highest BCUT2D eigenvalue weighted by molar-refractivity contribution is 5.86. The molecular weight excluding hydrogens is 216 g/mol. The van der Waals surface area contributed by atoms with Crippen molar-refractivity contribution in [3.63, 3.8) is 0 Å². The van der Waals surface area contributed by atoms with Crippen LogP contribution in [0.25, 0.3) is 0 Å². The van der Waals surface area contributed by atoms with E-state index in [0.29, 0.717) is 18.8 Å². The van der Waals surface area contributed by atoms with Crippen molar-refractivity contribution >= 4 is 5.97 Å². The number of rotatable bonds is 9. The first-order valence-electron chi connectivity index (χ1n) is 5.85. The van der Waals surface area contributed by atoms with Crippen LogP contribution in [0, 0.1) is 0 Å². The smallest absolute Gasteiger partial charge is 0.333 e. The van der Waals surface area contributed by atoms with Gasteiger partial charge >= 0.3 is 5.97 Å². The minimum atomic E-state index is -0.365. The van der Waals surface area contributed by atoms with Gasteiger partial charge in [0.15, 0.2) is 0 Å². The van der Waals surface area contributed by atoms with E-state index in [9.17, 15) is 4.79 Å². The van der Waals surface area contributed by atoms with Gasteiger partial charge in [0.1, 0.15) is 6.61 Å². The van der Waals surface area contributed by atoms with E-state index in [-0.39, 0.29) is 12.6 Å². The summed E-state index contributed by atoms with van der Waals surface area (Å²) >= 11 is 0. The van der Waals surface area contributed by atoms with Gasteiger partial charge in [0.25, 0.3) is 0 Å². The highest BCUT2D eigenvalue weighted by atomic mass is 16.6. The molecule has 0 spiro atoms. The van der Waals surface area contributed by atoms with E-state index < -0.39 is 0 Å². The summed E-state index contributed by atoms with van der Waals surface area (Å²) in [7, 11) is 0. The van der Waals surface area contributed by atoms with Crippen LogP contribution in [0.3, 0.4) is 0 Å². The molecule has 0 saturated heterocycles. The van der Waals surface area contributed by atoms with Crippen molar-refractivity contribution in [1.82, 2.24) is 0 Å². The molecule has 17 heavy (non-hydrogen) atoms. The molecule has 0 fully saturated rings. The van der Waals surface area contributed by atoms with Crippen molar-refractivity contribution in [3.05, 3.63) is 36.5 Å². The third-order valence-electron chi connectivity index (χ3n) is 1.93. The second-order valence-corrected chi connectivity index (χ2v) is 3.61. The molecule has 0 aliphatic carbocycles. The average molecular weight is 238 g/mol. The maximum atomic E-state index is 11.0. The molecule has 0 rings (SSSR count). The van der Waals surface area contributed by atoms with Gasteiger partial charge in [0.2, 0.25) is 0 Å². The molecule has 0 atom stereocenters. The molecule has 3 nitrogen and oxygen atoms in total. The molecule has 0 aromatic carbocycles. The standard InChI is InChI=1S/C14H22O3/c1-4-5-6-7-8-9-10-16-11-12-17-14(15)13(2)3/h4-5,8-9H,2,6-7,10-12H2,1,3H3/b5-4+,9-8+. The molecule has 0 saturated carbocycles. The molecule has 0 unspecified atom stereocenters. The zero-order valence-electron chi connectivity index (χ0n) is 10.8. The zero-order chi connectivity index (χ0) is 12.9. The van der Waals surface area contributed by atoms with Crippen molar-refractivity contribution in [2.75, 3.05) is 19.8 Å². The topological polar surface area (TPSA) is 35.5 Å². The number of carbonyl (C=O) groups is 1. The number of allylic oxidation sites excluding steroid dienone is 3. The SMILES string of the molecule is C=C(C)C(=O)OCCOC/C=C/CC/C=C/C. The van der Waals surface area contributed by atoms with Crippen LogP contribution >= 0.6 is 0 Å². The van der Waals surface area contributed by atoms with Crippen LogP contribution in [0.4, 0.5) is 0 Å². The van der Waals surface area contributed by atoms with Crippen LogP contribution in [0.15, 0.2) is 36.5 Å². The highest BCUT2D eigenvalue weighted by Gasteiger charge is 2.01.